The van der Waals surface area contributed by atoms with Gasteiger partial charge in [0.05, 0.1) is 6.04 Å². The fraction of sp³-hybridized carbons (Fsp3) is 0.269. The average Bonchev–Trinajstić information content (AvgIpc) is 3.12. The normalized spacial score (nSPS) is 20.5. The predicted molar refractivity (Wildman–Crippen MR) is 118 cm³/mol. The fourth-order valence-electron chi connectivity index (χ4n) is 4.70. The number of carbonyl (C=O) groups excluding carboxylic acids is 1. The number of benzene rings is 3. The Labute approximate surface area is 177 Å². The largest absolute Gasteiger partial charge is 0.448 e. The standard InChI is InChI=1S/C26H26N2O2/c1-18-15-27-25(19-9-3-2-4-10-19)16-28(18)26(29)30-17-24-22-13-7-5-11-20(22)21-12-6-8-14-23(21)24/h2-14,18,24-25,27H,15-17H2,1H3/t18-,25-/m1/s1. The Kier molecular flexibility index (Phi) is 5.01. The zero-order chi connectivity index (χ0) is 20.5. The van der Waals surface area contributed by atoms with Crippen LogP contribution in [-0.2, 0) is 4.74 Å². The molecule has 2 atom stereocenters. The van der Waals surface area contributed by atoms with E-state index >= 15 is 0 Å². The van der Waals surface area contributed by atoms with Gasteiger partial charge in [-0.15, -0.1) is 0 Å². The van der Waals surface area contributed by atoms with Crippen LogP contribution in [0, 0.1) is 0 Å². The molecule has 1 aliphatic carbocycles. The zero-order valence-electron chi connectivity index (χ0n) is 17.1. The maximum Gasteiger partial charge on any atom is 0.410 e. The summed E-state index contributed by atoms with van der Waals surface area (Å²) in [7, 11) is 0. The summed E-state index contributed by atoms with van der Waals surface area (Å²) >= 11 is 0. The van der Waals surface area contributed by atoms with E-state index < -0.39 is 0 Å². The highest BCUT2D eigenvalue weighted by Crippen LogP contribution is 2.44. The lowest BCUT2D eigenvalue weighted by atomic mass is 9.98. The first kappa shape index (κ1) is 18.9. The van der Waals surface area contributed by atoms with Gasteiger partial charge < -0.3 is 15.0 Å². The molecule has 1 amide bonds. The number of amides is 1. The molecule has 1 N–H and O–H groups in total. The van der Waals surface area contributed by atoms with E-state index in [0.29, 0.717) is 13.2 Å². The first-order valence-electron chi connectivity index (χ1n) is 10.6. The fourth-order valence-corrected chi connectivity index (χ4v) is 4.70. The third-order valence-electron chi connectivity index (χ3n) is 6.34. The summed E-state index contributed by atoms with van der Waals surface area (Å²) in [6.45, 7) is 3.79. The summed E-state index contributed by atoms with van der Waals surface area (Å²) in [5.41, 5.74) is 6.16. The average molecular weight is 399 g/mol. The van der Waals surface area contributed by atoms with Gasteiger partial charge in [-0.1, -0.05) is 78.9 Å². The lowest BCUT2D eigenvalue weighted by molar-refractivity contribution is 0.0700. The Hall–Kier alpha value is -3.11. The highest BCUT2D eigenvalue weighted by molar-refractivity contribution is 5.79. The van der Waals surface area contributed by atoms with Gasteiger partial charge in [0.2, 0.25) is 0 Å². The first-order chi connectivity index (χ1) is 14.7. The van der Waals surface area contributed by atoms with Gasteiger partial charge in [0, 0.05) is 25.0 Å². The highest BCUT2D eigenvalue weighted by Gasteiger charge is 2.33. The number of fused-ring (bicyclic) bond motifs is 3. The van der Waals surface area contributed by atoms with Gasteiger partial charge in [0.15, 0.2) is 0 Å². The van der Waals surface area contributed by atoms with E-state index in [4.69, 9.17) is 4.74 Å². The second-order valence-corrected chi connectivity index (χ2v) is 8.18. The van der Waals surface area contributed by atoms with Crippen molar-refractivity contribution >= 4 is 6.09 Å². The van der Waals surface area contributed by atoms with Crippen LogP contribution < -0.4 is 5.32 Å². The summed E-state index contributed by atoms with van der Waals surface area (Å²) in [4.78, 5) is 14.9. The molecule has 0 spiro atoms. The molecule has 5 rings (SSSR count). The molecule has 2 aliphatic rings. The number of ether oxygens (including phenoxy) is 1. The van der Waals surface area contributed by atoms with Gasteiger partial charge in [0.1, 0.15) is 6.61 Å². The summed E-state index contributed by atoms with van der Waals surface area (Å²) in [5, 5.41) is 3.54. The Morgan fingerprint density at radius 2 is 1.53 bits per heavy atom. The van der Waals surface area contributed by atoms with Gasteiger partial charge in [-0.2, -0.15) is 0 Å². The summed E-state index contributed by atoms with van der Waals surface area (Å²) in [5.74, 6) is 0.0875. The van der Waals surface area contributed by atoms with Gasteiger partial charge in [-0.05, 0) is 34.7 Å². The van der Waals surface area contributed by atoms with Crippen molar-refractivity contribution in [2.45, 2.75) is 24.9 Å². The number of nitrogens with one attached hydrogen (secondary N) is 1. The van der Waals surface area contributed by atoms with E-state index in [-0.39, 0.29) is 24.1 Å². The van der Waals surface area contributed by atoms with Crippen molar-refractivity contribution in [2.24, 2.45) is 0 Å². The quantitative estimate of drug-likeness (QED) is 0.677. The molecule has 30 heavy (non-hydrogen) atoms. The van der Waals surface area contributed by atoms with Crippen LogP contribution >= 0.6 is 0 Å². The van der Waals surface area contributed by atoms with Crippen LogP contribution in [0.1, 0.15) is 35.6 Å². The van der Waals surface area contributed by atoms with Crippen LogP contribution in [0.4, 0.5) is 4.79 Å². The van der Waals surface area contributed by atoms with Crippen molar-refractivity contribution in [3.8, 4) is 11.1 Å². The SMILES string of the molecule is C[C@@H]1CN[C@@H](c2ccccc2)CN1C(=O)OCC1c2ccccc2-c2ccccc21. The van der Waals surface area contributed by atoms with Crippen molar-refractivity contribution in [3.05, 3.63) is 95.6 Å². The van der Waals surface area contributed by atoms with Gasteiger partial charge >= 0.3 is 6.09 Å². The number of carbonyl (C=O) groups is 1. The molecule has 0 saturated carbocycles. The second kappa shape index (κ2) is 7.96. The van der Waals surface area contributed by atoms with E-state index in [1.54, 1.807) is 0 Å². The molecule has 0 aromatic heterocycles. The summed E-state index contributed by atoms with van der Waals surface area (Å²) in [6.07, 6.45) is -0.230. The van der Waals surface area contributed by atoms with Crippen molar-refractivity contribution in [3.63, 3.8) is 0 Å². The maximum atomic E-state index is 13.0. The molecular formula is C26H26N2O2. The van der Waals surface area contributed by atoms with Crippen LogP contribution in [-0.4, -0.2) is 36.7 Å². The molecule has 152 valence electrons. The summed E-state index contributed by atoms with van der Waals surface area (Å²) < 4.78 is 5.89. The van der Waals surface area contributed by atoms with Crippen LogP contribution in [0.15, 0.2) is 78.9 Å². The molecule has 3 aromatic rings. The Morgan fingerprint density at radius 3 is 2.20 bits per heavy atom. The molecule has 4 nitrogen and oxygen atoms in total. The molecule has 0 bridgehead atoms. The van der Waals surface area contributed by atoms with Crippen molar-refractivity contribution in [2.75, 3.05) is 19.7 Å². The third kappa shape index (κ3) is 3.37. The first-order valence-corrected chi connectivity index (χ1v) is 10.6. The third-order valence-corrected chi connectivity index (χ3v) is 6.34. The minimum absolute atomic E-state index is 0.0875. The van der Waals surface area contributed by atoms with E-state index in [1.165, 1.54) is 27.8 Å². The van der Waals surface area contributed by atoms with Crippen LogP contribution in [0.3, 0.4) is 0 Å². The minimum Gasteiger partial charge on any atom is -0.448 e. The van der Waals surface area contributed by atoms with E-state index in [0.717, 1.165) is 6.54 Å². The number of piperazine rings is 1. The molecule has 0 unspecified atom stereocenters. The molecule has 1 aliphatic heterocycles. The summed E-state index contributed by atoms with van der Waals surface area (Å²) in [6, 6.07) is 27.3. The van der Waals surface area contributed by atoms with Gasteiger partial charge in [-0.25, -0.2) is 4.79 Å². The molecule has 4 heteroatoms. The van der Waals surface area contributed by atoms with E-state index in [2.05, 4.69) is 72.9 Å². The predicted octanol–water partition coefficient (Wildman–Crippen LogP) is 4.97. The van der Waals surface area contributed by atoms with Crippen molar-refractivity contribution in [1.29, 1.82) is 0 Å². The molecular weight excluding hydrogens is 372 g/mol. The molecule has 0 radical (unpaired) electrons. The minimum atomic E-state index is -0.230. The Bertz CT molecular complexity index is 1000. The molecule has 1 fully saturated rings. The Morgan fingerprint density at radius 1 is 0.933 bits per heavy atom. The molecule has 1 saturated heterocycles. The topological polar surface area (TPSA) is 41.6 Å². The van der Waals surface area contributed by atoms with Crippen molar-refractivity contribution in [1.82, 2.24) is 10.2 Å². The monoisotopic (exact) mass is 398 g/mol. The lowest BCUT2D eigenvalue weighted by Crippen LogP contribution is -2.53. The number of hydrogen-bond donors (Lipinski definition) is 1. The Balaban J connectivity index is 1.31. The smallest absolute Gasteiger partial charge is 0.410 e. The number of hydrogen-bond acceptors (Lipinski definition) is 3. The second-order valence-electron chi connectivity index (χ2n) is 8.18. The number of rotatable bonds is 3. The van der Waals surface area contributed by atoms with E-state index in [1.807, 2.05) is 23.1 Å². The number of nitrogens with zero attached hydrogens (tertiary/aromatic N) is 1. The maximum absolute atomic E-state index is 13.0. The van der Waals surface area contributed by atoms with Gasteiger partial charge in [-0.3, -0.25) is 0 Å². The zero-order valence-corrected chi connectivity index (χ0v) is 17.1. The molecule has 1 heterocycles. The van der Waals surface area contributed by atoms with Crippen LogP contribution in [0.25, 0.3) is 11.1 Å². The highest BCUT2D eigenvalue weighted by atomic mass is 16.6. The van der Waals surface area contributed by atoms with E-state index in [9.17, 15) is 4.79 Å². The van der Waals surface area contributed by atoms with Crippen molar-refractivity contribution < 1.29 is 9.53 Å². The van der Waals surface area contributed by atoms with Gasteiger partial charge in [0.25, 0.3) is 0 Å². The van der Waals surface area contributed by atoms with Crippen LogP contribution in [0.5, 0.6) is 0 Å². The lowest BCUT2D eigenvalue weighted by Gasteiger charge is -2.38. The molecule has 3 aromatic carbocycles. The van der Waals surface area contributed by atoms with Crippen LogP contribution in [0.2, 0.25) is 0 Å².